The third-order valence-electron chi connectivity index (χ3n) is 11.4. The van der Waals surface area contributed by atoms with Crippen LogP contribution in [0.4, 0.5) is 11.4 Å². The Kier molecular flexibility index (Phi) is 11.7. The second-order valence-corrected chi connectivity index (χ2v) is 20.2. The summed E-state index contributed by atoms with van der Waals surface area (Å²) >= 11 is 0. The summed E-state index contributed by atoms with van der Waals surface area (Å²) in [6.07, 6.45) is 19.5. The molecular formula is C50H62N4O3. The second kappa shape index (κ2) is 15.9. The van der Waals surface area contributed by atoms with E-state index in [4.69, 9.17) is 15.0 Å². The van der Waals surface area contributed by atoms with Crippen LogP contribution < -0.4 is 4.74 Å². The van der Waals surface area contributed by atoms with Crippen LogP contribution in [-0.2, 0) is 35.3 Å². The first-order valence-electron chi connectivity index (χ1n) is 20.8. The van der Waals surface area contributed by atoms with Crippen molar-refractivity contribution in [2.24, 2.45) is 42.1 Å². The highest BCUT2D eigenvalue weighted by Crippen LogP contribution is 2.44. The minimum Gasteiger partial charge on any atom is -0.457 e. The summed E-state index contributed by atoms with van der Waals surface area (Å²) in [5.41, 5.74) is 10.3. The van der Waals surface area contributed by atoms with Gasteiger partial charge in [0.25, 0.3) is 0 Å². The van der Waals surface area contributed by atoms with Gasteiger partial charge in [0.05, 0.1) is 23.8 Å². The Balaban J connectivity index is 1.28. The molecule has 0 heterocycles. The number of hydrogen-bond acceptors (Lipinski definition) is 7. The maximum atomic E-state index is 13.4. The average molecular weight is 767 g/mol. The molecule has 0 aliphatic heterocycles. The van der Waals surface area contributed by atoms with E-state index in [1.165, 1.54) is 22.3 Å². The van der Waals surface area contributed by atoms with E-state index in [-0.39, 0.29) is 33.2 Å². The van der Waals surface area contributed by atoms with Gasteiger partial charge in [-0.05, 0) is 144 Å². The third kappa shape index (κ3) is 9.35. The Labute approximate surface area is 341 Å². The molecule has 0 amide bonds. The summed E-state index contributed by atoms with van der Waals surface area (Å²) in [5.74, 6) is 1.98. The molecule has 57 heavy (non-hydrogen) atoms. The first-order chi connectivity index (χ1) is 26.6. The number of benzene rings is 2. The molecule has 0 aromatic heterocycles. The minimum absolute atomic E-state index is 0.112. The molecule has 0 saturated carbocycles. The van der Waals surface area contributed by atoms with E-state index < -0.39 is 0 Å². The van der Waals surface area contributed by atoms with Gasteiger partial charge in [0.1, 0.15) is 11.5 Å². The molecule has 0 N–H and O–H groups in total. The lowest BCUT2D eigenvalue weighted by molar-refractivity contribution is -0.114. The van der Waals surface area contributed by atoms with E-state index >= 15 is 0 Å². The number of nitrogens with zero attached hydrogens (tertiary/aromatic N) is 4. The van der Waals surface area contributed by atoms with Crippen LogP contribution in [0.15, 0.2) is 115 Å². The van der Waals surface area contributed by atoms with Crippen molar-refractivity contribution in [1.82, 2.24) is 0 Å². The van der Waals surface area contributed by atoms with E-state index in [0.29, 0.717) is 0 Å². The van der Waals surface area contributed by atoms with Crippen LogP contribution >= 0.6 is 0 Å². The van der Waals surface area contributed by atoms with Crippen LogP contribution in [0.1, 0.15) is 131 Å². The number of ether oxygens (including phenoxy) is 1. The van der Waals surface area contributed by atoms with E-state index in [2.05, 4.69) is 93.3 Å². The molecule has 2 aromatic carbocycles. The predicted octanol–water partition coefficient (Wildman–Crippen LogP) is 14.2. The number of hydrogen-bond donors (Lipinski definition) is 0. The zero-order valence-electron chi connectivity index (χ0n) is 36.4. The van der Waals surface area contributed by atoms with Gasteiger partial charge in [-0.2, -0.15) is 20.5 Å². The summed E-state index contributed by atoms with van der Waals surface area (Å²) in [5, 5.41) is 18.6. The van der Waals surface area contributed by atoms with Crippen molar-refractivity contribution in [3.63, 3.8) is 0 Å². The smallest absolute Gasteiger partial charge is 0.186 e. The Bertz CT molecular complexity index is 2000. The van der Waals surface area contributed by atoms with Gasteiger partial charge >= 0.3 is 0 Å². The van der Waals surface area contributed by atoms with Gasteiger partial charge in [-0.1, -0.05) is 83.1 Å². The van der Waals surface area contributed by atoms with Gasteiger partial charge in [0.2, 0.25) is 0 Å². The standard InChI is InChI=1S/C50H62N4O3/c1-47(2,3)37-25-31(26-38(45(37)55)48(4,5)6)29-51-53-41-21-23-43(35-19-15-13-17-33(35)41)57-44-24-22-42(34-18-14-16-20-36(34)44)54-52-30-32-27-39(49(7,8)9)46(56)40(28-32)50(10,11)12/h21-30H,13-20H2,1-12H3. The number of carbonyl (C=O) groups excluding carboxylic acids is 2. The summed E-state index contributed by atoms with van der Waals surface area (Å²) in [7, 11) is 0. The highest BCUT2D eigenvalue weighted by atomic mass is 16.5. The molecule has 7 heteroatoms. The van der Waals surface area contributed by atoms with Crippen LogP contribution in [-0.4, -0.2) is 11.6 Å². The van der Waals surface area contributed by atoms with Crippen LogP contribution in [0.25, 0.3) is 0 Å². The number of rotatable bonds is 6. The lowest BCUT2D eigenvalue weighted by Gasteiger charge is -2.31. The minimum atomic E-state index is -0.282. The summed E-state index contributed by atoms with van der Waals surface area (Å²) in [6, 6.07) is 8.14. The Morgan fingerprint density at radius 2 is 0.754 bits per heavy atom. The number of azo groups is 2. The van der Waals surface area contributed by atoms with Gasteiger partial charge in [-0.25, -0.2) is 0 Å². The topological polar surface area (TPSA) is 92.8 Å². The number of fused-ring (bicyclic) bond motifs is 2. The van der Waals surface area contributed by atoms with Crippen molar-refractivity contribution >= 4 is 22.9 Å². The molecule has 4 aliphatic carbocycles. The Morgan fingerprint density at radius 1 is 0.456 bits per heavy atom. The zero-order valence-corrected chi connectivity index (χ0v) is 36.4. The highest BCUT2D eigenvalue weighted by Gasteiger charge is 2.35. The summed E-state index contributed by atoms with van der Waals surface area (Å²) in [6.45, 7) is 24.9. The zero-order chi connectivity index (χ0) is 41.5. The fourth-order valence-electron chi connectivity index (χ4n) is 8.12. The molecule has 4 aliphatic rings. The maximum absolute atomic E-state index is 13.4. The molecule has 0 unspecified atom stereocenters. The molecule has 0 radical (unpaired) electrons. The van der Waals surface area contributed by atoms with Gasteiger partial charge in [-0.3, -0.25) is 9.59 Å². The fourth-order valence-corrected chi connectivity index (χ4v) is 8.12. The van der Waals surface area contributed by atoms with Crippen LogP contribution in [0, 0.1) is 21.7 Å². The fraction of sp³-hybridized carbons (Fsp3) is 0.480. The molecule has 300 valence electrons. The number of ketones is 2. The van der Waals surface area contributed by atoms with Gasteiger partial charge in [-0.15, -0.1) is 0 Å². The van der Waals surface area contributed by atoms with Crippen molar-refractivity contribution in [3.05, 3.63) is 117 Å². The quantitative estimate of drug-likeness (QED) is 0.274. The van der Waals surface area contributed by atoms with Crippen molar-refractivity contribution in [2.75, 3.05) is 0 Å². The van der Waals surface area contributed by atoms with Crippen molar-refractivity contribution in [3.8, 4) is 11.5 Å². The molecule has 0 atom stereocenters. The lowest BCUT2D eigenvalue weighted by atomic mass is 9.72. The van der Waals surface area contributed by atoms with Crippen LogP contribution in [0.2, 0.25) is 0 Å². The molecular weight excluding hydrogens is 705 g/mol. The van der Waals surface area contributed by atoms with Gasteiger partial charge in [0.15, 0.2) is 11.6 Å². The van der Waals surface area contributed by atoms with E-state index in [9.17, 15) is 9.59 Å². The van der Waals surface area contributed by atoms with E-state index in [1.54, 1.807) is 12.4 Å². The Hall–Kier alpha value is -4.78. The van der Waals surface area contributed by atoms with Gasteiger partial charge < -0.3 is 4.74 Å². The van der Waals surface area contributed by atoms with E-state index in [0.717, 1.165) is 108 Å². The van der Waals surface area contributed by atoms with Crippen molar-refractivity contribution in [2.45, 2.75) is 134 Å². The van der Waals surface area contributed by atoms with Crippen molar-refractivity contribution < 1.29 is 14.3 Å². The molecule has 7 nitrogen and oxygen atoms in total. The normalized spacial score (nSPS) is 18.2. The number of Topliss-reactive ketones (excluding diaryl/α,β-unsaturated/α-hetero) is 2. The third-order valence-corrected chi connectivity index (χ3v) is 11.4. The monoisotopic (exact) mass is 766 g/mol. The summed E-state index contributed by atoms with van der Waals surface area (Å²) in [4.78, 5) is 26.8. The van der Waals surface area contributed by atoms with E-state index in [1.807, 2.05) is 48.6 Å². The van der Waals surface area contributed by atoms with Crippen LogP contribution in [0.3, 0.4) is 0 Å². The SMILES string of the molecule is CC(C)(C)C1=CC(=CN=Nc2ccc(Oc3ccc(N=NC=C4C=C(C(C)(C)C)C(=O)C(C(C)(C)C)=C4)c4c3CCCC4)c3c2CCCC3)C=C(C(C)(C)C)C1=O. The number of allylic oxidation sites excluding steroid dienone is 10. The number of carbonyl (C=O) groups is 2. The largest absolute Gasteiger partial charge is 0.457 e. The second-order valence-electron chi connectivity index (χ2n) is 20.2. The average Bonchev–Trinajstić information content (AvgIpc) is 3.12. The maximum Gasteiger partial charge on any atom is 0.186 e. The molecule has 0 saturated heterocycles. The molecule has 0 spiro atoms. The molecule has 0 bridgehead atoms. The first-order valence-corrected chi connectivity index (χ1v) is 20.8. The highest BCUT2D eigenvalue weighted by molar-refractivity contribution is 6.12. The molecule has 6 rings (SSSR count). The first kappa shape index (κ1) is 41.8. The van der Waals surface area contributed by atoms with Crippen molar-refractivity contribution in [1.29, 1.82) is 0 Å². The molecule has 0 fully saturated rings. The predicted molar refractivity (Wildman–Crippen MR) is 232 cm³/mol. The summed E-state index contributed by atoms with van der Waals surface area (Å²) < 4.78 is 6.82. The Morgan fingerprint density at radius 3 is 1.05 bits per heavy atom. The lowest BCUT2D eigenvalue weighted by Crippen LogP contribution is -2.27. The molecule has 2 aromatic rings. The van der Waals surface area contributed by atoms with Crippen LogP contribution in [0.5, 0.6) is 11.5 Å². The van der Waals surface area contributed by atoms with Gasteiger partial charge in [0, 0.05) is 33.4 Å².